The molecule has 2 heterocycles. The van der Waals surface area contributed by atoms with Gasteiger partial charge in [-0.05, 0) is 22.6 Å². The molecule has 1 unspecified atom stereocenters. The second-order valence-corrected chi connectivity index (χ2v) is 7.40. The van der Waals surface area contributed by atoms with E-state index < -0.39 is 0 Å². The van der Waals surface area contributed by atoms with Gasteiger partial charge in [0.15, 0.2) is 0 Å². The molecule has 4 rings (SSSR count). The molecular formula is C22H20N2O3S. The van der Waals surface area contributed by atoms with Crippen molar-refractivity contribution < 1.29 is 14.5 Å². The SMILES string of the molecule is O=C1/C(=N\OCc2ccccc2)CC(c2cccs2)N1OCc1ccccc1. The van der Waals surface area contributed by atoms with Gasteiger partial charge >= 0.3 is 0 Å². The molecule has 1 amide bonds. The molecule has 0 aliphatic carbocycles. The number of carbonyl (C=O) groups excluding carboxylic acids is 1. The van der Waals surface area contributed by atoms with Crippen molar-refractivity contribution in [3.8, 4) is 0 Å². The molecule has 0 bridgehead atoms. The van der Waals surface area contributed by atoms with Gasteiger partial charge in [0.1, 0.15) is 25.0 Å². The van der Waals surface area contributed by atoms with E-state index in [-0.39, 0.29) is 11.9 Å². The molecule has 6 heteroatoms. The van der Waals surface area contributed by atoms with Crippen LogP contribution in [0.25, 0.3) is 0 Å². The van der Waals surface area contributed by atoms with E-state index in [1.54, 1.807) is 11.3 Å². The van der Waals surface area contributed by atoms with Crippen LogP contribution in [-0.4, -0.2) is 16.7 Å². The molecule has 0 radical (unpaired) electrons. The lowest BCUT2D eigenvalue weighted by atomic mass is 10.2. The van der Waals surface area contributed by atoms with Crippen LogP contribution in [0.4, 0.5) is 0 Å². The van der Waals surface area contributed by atoms with Crippen molar-refractivity contribution in [2.45, 2.75) is 25.7 Å². The second kappa shape index (κ2) is 8.82. The van der Waals surface area contributed by atoms with Gasteiger partial charge in [-0.1, -0.05) is 71.9 Å². The lowest BCUT2D eigenvalue weighted by Gasteiger charge is -2.22. The quantitative estimate of drug-likeness (QED) is 0.547. The highest BCUT2D eigenvalue weighted by atomic mass is 32.1. The van der Waals surface area contributed by atoms with Crippen molar-refractivity contribution in [3.63, 3.8) is 0 Å². The monoisotopic (exact) mass is 392 g/mol. The Bertz CT molecular complexity index is 927. The van der Waals surface area contributed by atoms with Crippen molar-refractivity contribution in [1.82, 2.24) is 5.06 Å². The van der Waals surface area contributed by atoms with Crippen LogP contribution in [0.15, 0.2) is 83.3 Å². The number of benzene rings is 2. The molecule has 1 aliphatic rings. The van der Waals surface area contributed by atoms with Crippen molar-refractivity contribution in [2.24, 2.45) is 5.16 Å². The maximum absolute atomic E-state index is 12.9. The van der Waals surface area contributed by atoms with Gasteiger partial charge in [0, 0.05) is 11.3 Å². The fourth-order valence-corrected chi connectivity index (χ4v) is 3.83. The first-order chi connectivity index (χ1) is 13.8. The van der Waals surface area contributed by atoms with Gasteiger partial charge in [0.05, 0.1) is 0 Å². The Morgan fingerprint density at radius 2 is 1.61 bits per heavy atom. The largest absolute Gasteiger partial charge is 0.391 e. The summed E-state index contributed by atoms with van der Waals surface area (Å²) < 4.78 is 0. The Morgan fingerprint density at radius 3 is 2.25 bits per heavy atom. The molecule has 1 atom stereocenters. The molecule has 1 aliphatic heterocycles. The molecule has 1 aromatic heterocycles. The number of thiophene rings is 1. The molecule has 5 nitrogen and oxygen atoms in total. The molecule has 0 saturated carbocycles. The molecule has 1 fully saturated rings. The summed E-state index contributed by atoms with van der Waals surface area (Å²) in [6.45, 7) is 0.652. The summed E-state index contributed by atoms with van der Waals surface area (Å²) in [4.78, 5) is 25.3. The van der Waals surface area contributed by atoms with E-state index in [0.29, 0.717) is 25.3 Å². The number of nitrogens with zero attached hydrogens (tertiary/aromatic N) is 2. The van der Waals surface area contributed by atoms with Gasteiger partial charge in [-0.25, -0.2) is 5.06 Å². The normalized spacial score (nSPS) is 18.0. The average Bonchev–Trinajstić information content (AvgIpc) is 3.37. The zero-order chi connectivity index (χ0) is 19.2. The Hall–Kier alpha value is -2.96. The van der Waals surface area contributed by atoms with Gasteiger partial charge in [-0.2, -0.15) is 0 Å². The number of hydrogen-bond donors (Lipinski definition) is 0. The van der Waals surface area contributed by atoms with Crippen molar-refractivity contribution in [2.75, 3.05) is 0 Å². The lowest BCUT2D eigenvalue weighted by Crippen LogP contribution is -2.29. The molecule has 0 spiro atoms. The smallest absolute Gasteiger partial charge is 0.295 e. The summed E-state index contributed by atoms with van der Waals surface area (Å²) in [5.74, 6) is -0.248. The lowest BCUT2D eigenvalue weighted by molar-refractivity contribution is -0.193. The summed E-state index contributed by atoms with van der Waals surface area (Å²) in [5.41, 5.74) is 2.39. The van der Waals surface area contributed by atoms with Gasteiger partial charge < -0.3 is 4.84 Å². The highest BCUT2D eigenvalue weighted by Gasteiger charge is 2.40. The fraction of sp³-hybridized carbons (Fsp3) is 0.182. The number of carbonyl (C=O) groups is 1. The third kappa shape index (κ3) is 4.30. The third-order valence-corrected chi connectivity index (χ3v) is 5.42. The maximum Gasteiger partial charge on any atom is 0.295 e. The van der Waals surface area contributed by atoms with Crippen molar-refractivity contribution >= 4 is 23.0 Å². The van der Waals surface area contributed by atoms with Gasteiger partial charge in [-0.15, -0.1) is 11.3 Å². The van der Waals surface area contributed by atoms with Crippen LogP contribution < -0.4 is 0 Å². The van der Waals surface area contributed by atoms with Crippen molar-refractivity contribution in [1.29, 1.82) is 0 Å². The van der Waals surface area contributed by atoms with Gasteiger partial charge in [0.2, 0.25) is 0 Å². The van der Waals surface area contributed by atoms with E-state index in [1.165, 1.54) is 5.06 Å². The third-order valence-electron chi connectivity index (χ3n) is 4.45. The van der Waals surface area contributed by atoms with Crippen LogP contribution in [0.5, 0.6) is 0 Å². The van der Waals surface area contributed by atoms with Crippen molar-refractivity contribution in [3.05, 3.63) is 94.2 Å². The molecule has 28 heavy (non-hydrogen) atoms. The van der Waals surface area contributed by atoms with Gasteiger partial charge in [-0.3, -0.25) is 9.63 Å². The topological polar surface area (TPSA) is 51.1 Å². The van der Waals surface area contributed by atoms with Crippen LogP contribution in [0.1, 0.15) is 28.5 Å². The van der Waals surface area contributed by atoms with Crippen LogP contribution in [0.2, 0.25) is 0 Å². The summed E-state index contributed by atoms with van der Waals surface area (Å²) in [6.07, 6.45) is 0.461. The second-order valence-electron chi connectivity index (χ2n) is 6.42. The van der Waals surface area contributed by atoms with E-state index in [1.807, 2.05) is 78.2 Å². The summed E-state index contributed by atoms with van der Waals surface area (Å²) in [5, 5.41) is 7.55. The van der Waals surface area contributed by atoms with E-state index in [2.05, 4.69) is 5.16 Å². The number of amides is 1. The highest BCUT2D eigenvalue weighted by molar-refractivity contribution is 7.10. The Labute approximate surface area is 167 Å². The number of hydroxylamine groups is 2. The standard InChI is InChI=1S/C22H20N2O3S/c25-22-19(23-26-15-17-8-3-1-4-9-17)14-20(21-12-7-13-28-21)24(22)27-16-18-10-5-2-6-11-18/h1-13,20H,14-16H2/b23-19-. The average molecular weight is 392 g/mol. The van der Waals surface area contributed by atoms with E-state index in [4.69, 9.17) is 9.68 Å². The Morgan fingerprint density at radius 1 is 0.929 bits per heavy atom. The van der Waals surface area contributed by atoms with Crippen LogP contribution in [-0.2, 0) is 27.7 Å². The summed E-state index contributed by atoms with van der Waals surface area (Å²) >= 11 is 1.60. The summed E-state index contributed by atoms with van der Waals surface area (Å²) in [7, 11) is 0. The van der Waals surface area contributed by atoms with Crippen LogP contribution >= 0.6 is 11.3 Å². The summed E-state index contributed by atoms with van der Waals surface area (Å²) in [6, 6.07) is 23.3. The highest BCUT2D eigenvalue weighted by Crippen LogP contribution is 2.35. The minimum atomic E-state index is -0.248. The zero-order valence-corrected chi connectivity index (χ0v) is 16.0. The first-order valence-electron chi connectivity index (χ1n) is 9.08. The van der Waals surface area contributed by atoms with E-state index >= 15 is 0 Å². The Balaban J connectivity index is 1.46. The zero-order valence-electron chi connectivity index (χ0n) is 15.2. The predicted molar refractivity (Wildman–Crippen MR) is 108 cm³/mol. The predicted octanol–water partition coefficient (Wildman–Crippen LogP) is 4.73. The minimum Gasteiger partial charge on any atom is -0.391 e. The van der Waals surface area contributed by atoms with Gasteiger partial charge in [0.25, 0.3) is 5.91 Å². The first-order valence-corrected chi connectivity index (χ1v) is 9.96. The number of rotatable bonds is 7. The number of oxime groups is 1. The fourth-order valence-electron chi connectivity index (χ4n) is 3.02. The molecule has 1 saturated heterocycles. The molecular weight excluding hydrogens is 372 g/mol. The molecule has 3 aromatic rings. The minimum absolute atomic E-state index is 0.185. The first kappa shape index (κ1) is 18.4. The van der Waals surface area contributed by atoms with Crippen LogP contribution in [0.3, 0.4) is 0 Å². The van der Waals surface area contributed by atoms with E-state index in [9.17, 15) is 4.79 Å². The Kier molecular flexibility index (Phi) is 5.80. The molecule has 0 N–H and O–H groups in total. The molecule has 142 valence electrons. The molecule has 2 aromatic carbocycles. The number of hydrogen-bond acceptors (Lipinski definition) is 5. The van der Waals surface area contributed by atoms with Crippen LogP contribution in [0, 0.1) is 0 Å². The van der Waals surface area contributed by atoms with E-state index in [0.717, 1.165) is 16.0 Å². The maximum atomic E-state index is 12.9.